The van der Waals surface area contributed by atoms with E-state index in [1.54, 1.807) is 23.9 Å². The molecule has 0 amide bonds. The minimum atomic E-state index is -0.358. The van der Waals surface area contributed by atoms with Gasteiger partial charge in [0.25, 0.3) is 0 Å². The summed E-state index contributed by atoms with van der Waals surface area (Å²) in [6.45, 7) is 0.424. The summed E-state index contributed by atoms with van der Waals surface area (Å²) in [7, 11) is 1.77. The van der Waals surface area contributed by atoms with Crippen LogP contribution in [0.4, 0.5) is 4.39 Å². The van der Waals surface area contributed by atoms with Gasteiger partial charge >= 0.3 is 0 Å². The second-order valence-corrected chi connectivity index (χ2v) is 3.55. The highest BCUT2D eigenvalue weighted by molar-refractivity contribution is 5.28. The van der Waals surface area contributed by atoms with Gasteiger partial charge in [0.05, 0.1) is 0 Å². The standard InChI is InChI=1S/C11H13FN4O/c1-16-11(14-7-15-16)6-17-9-3-2-8(5-13)10(12)4-9/h2-4,7H,5-6,13H2,1H3. The minimum Gasteiger partial charge on any atom is -0.486 e. The molecule has 0 unspecified atom stereocenters. The monoisotopic (exact) mass is 236 g/mol. The summed E-state index contributed by atoms with van der Waals surface area (Å²) in [5, 5.41) is 3.91. The molecule has 17 heavy (non-hydrogen) atoms. The van der Waals surface area contributed by atoms with Gasteiger partial charge in [-0.25, -0.2) is 9.37 Å². The van der Waals surface area contributed by atoms with Crippen molar-refractivity contribution in [3.05, 3.63) is 41.7 Å². The molecule has 0 bridgehead atoms. The first kappa shape index (κ1) is 11.5. The third kappa shape index (κ3) is 2.59. The van der Waals surface area contributed by atoms with E-state index in [9.17, 15) is 4.39 Å². The molecule has 2 aromatic rings. The van der Waals surface area contributed by atoms with Crippen molar-refractivity contribution in [2.45, 2.75) is 13.2 Å². The average molecular weight is 236 g/mol. The van der Waals surface area contributed by atoms with E-state index < -0.39 is 0 Å². The lowest BCUT2D eigenvalue weighted by Crippen LogP contribution is -2.05. The quantitative estimate of drug-likeness (QED) is 0.859. The first-order valence-corrected chi connectivity index (χ1v) is 5.15. The van der Waals surface area contributed by atoms with Gasteiger partial charge in [-0.3, -0.25) is 4.68 Å². The van der Waals surface area contributed by atoms with Gasteiger partial charge in [-0.15, -0.1) is 0 Å². The van der Waals surface area contributed by atoms with Crippen molar-refractivity contribution in [2.75, 3.05) is 0 Å². The van der Waals surface area contributed by atoms with Crippen molar-refractivity contribution in [2.24, 2.45) is 12.8 Å². The first-order valence-electron chi connectivity index (χ1n) is 5.15. The van der Waals surface area contributed by atoms with Crippen molar-refractivity contribution < 1.29 is 9.13 Å². The Balaban J connectivity index is 2.05. The molecule has 2 rings (SSSR count). The number of benzene rings is 1. The van der Waals surface area contributed by atoms with E-state index in [2.05, 4.69) is 10.1 Å². The van der Waals surface area contributed by atoms with Gasteiger partial charge < -0.3 is 10.5 Å². The zero-order valence-corrected chi connectivity index (χ0v) is 9.43. The fourth-order valence-electron chi connectivity index (χ4n) is 1.38. The molecule has 1 aromatic carbocycles. The maximum absolute atomic E-state index is 13.4. The first-order chi connectivity index (χ1) is 8.20. The summed E-state index contributed by atoms with van der Waals surface area (Å²) in [5.41, 5.74) is 5.84. The lowest BCUT2D eigenvalue weighted by atomic mass is 10.2. The van der Waals surface area contributed by atoms with Crippen LogP contribution in [0.1, 0.15) is 11.4 Å². The van der Waals surface area contributed by atoms with Gasteiger partial charge in [-0.1, -0.05) is 6.07 Å². The van der Waals surface area contributed by atoms with Crippen LogP contribution in [0.25, 0.3) is 0 Å². The van der Waals surface area contributed by atoms with Crippen molar-refractivity contribution in [3.63, 3.8) is 0 Å². The second kappa shape index (κ2) is 4.92. The molecule has 1 aromatic heterocycles. The van der Waals surface area contributed by atoms with Crippen LogP contribution in [0.2, 0.25) is 0 Å². The Morgan fingerprint density at radius 3 is 2.88 bits per heavy atom. The Kier molecular flexibility index (Phi) is 3.34. The van der Waals surface area contributed by atoms with Crippen LogP contribution in [-0.2, 0) is 20.2 Å². The van der Waals surface area contributed by atoms with E-state index >= 15 is 0 Å². The Labute approximate surface area is 98.0 Å². The summed E-state index contributed by atoms with van der Waals surface area (Å²) in [6.07, 6.45) is 1.44. The van der Waals surface area contributed by atoms with Crippen LogP contribution in [0, 0.1) is 5.82 Å². The van der Waals surface area contributed by atoms with E-state index in [0.29, 0.717) is 17.1 Å². The SMILES string of the molecule is Cn1ncnc1COc1ccc(CN)c(F)c1. The predicted molar refractivity (Wildman–Crippen MR) is 59.6 cm³/mol. The third-order valence-electron chi connectivity index (χ3n) is 2.42. The number of aryl methyl sites for hydroxylation is 1. The Hall–Kier alpha value is -1.95. The Morgan fingerprint density at radius 1 is 1.47 bits per heavy atom. The molecule has 5 nitrogen and oxygen atoms in total. The van der Waals surface area contributed by atoms with Gasteiger partial charge in [0.1, 0.15) is 24.5 Å². The predicted octanol–water partition coefficient (Wildman–Crippen LogP) is 0.992. The van der Waals surface area contributed by atoms with E-state index in [0.717, 1.165) is 0 Å². The number of hydrogen-bond acceptors (Lipinski definition) is 4. The van der Waals surface area contributed by atoms with Crippen molar-refractivity contribution in [3.8, 4) is 5.75 Å². The van der Waals surface area contributed by atoms with Gasteiger partial charge in [0.15, 0.2) is 5.82 Å². The molecule has 0 fully saturated rings. The molecule has 0 saturated carbocycles. The summed E-state index contributed by atoms with van der Waals surface area (Å²) in [6, 6.07) is 4.61. The largest absolute Gasteiger partial charge is 0.486 e. The highest BCUT2D eigenvalue weighted by atomic mass is 19.1. The number of nitrogens with two attached hydrogens (primary N) is 1. The molecule has 0 spiro atoms. The van der Waals surface area contributed by atoms with Gasteiger partial charge in [0, 0.05) is 25.2 Å². The van der Waals surface area contributed by atoms with Crippen LogP contribution >= 0.6 is 0 Å². The van der Waals surface area contributed by atoms with E-state index in [4.69, 9.17) is 10.5 Å². The molecule has 0 aliphatic heterocycles. The van der Waals surface area contributed by atoms with Crippen LogP contribution in [-0.4, -0.2) is 14.8 Å². The van der Waals surface area contributed by atoms with Gasteiger partial charge in [-0.2, -0.15) is 5.10 Å². The molecule has 0 aliphatic rings. The molecule has 2 N–H and O–H groups in total. The molecule has 1 heterocycles. The van der Waals surface area contributed by atoms with Crippen LogP contribution in [0.3, 0.4) is 0 Å². The molecule has 0 aliphatic carbocycles. The summed E-state index contributed by atoms with van der Waals surface area (Å²) < 4.78 is 20.4. The average Bonchev–Trinajstić information content (AvgIpc) is 2.72. The fraction of sp³-hybridized carbons (Fsp3) is 0.273. The summed E-state index contributed by atoms with van der Waals surface area (Å²) in [4.78, 5) is 4.00. The molecular weight excluding hydrogens is 223 g/mol. The van der Waals surface area contributed by atoms with Crippen molar-refractivity contribution >= 4 is 0 Å². The number of ether oxygens (including phenoxy) is 1. The number of nitrogens with zero attached hydrogens (tertiary/aromatic N) is 3. The zero-order chi connectivity index (χ0) is 12.3. The van der Waals surface area contributed by atoms with E-state index in [1.807, 2.05) is 0 Å². The number of halogens is 1. The summed E-state index contributed by atoms with van der Waals surface area (Å²) in [5.74, 6) is 0.763. The molecule has 0 atom stereocenters. The number of hydrogen-bond donors (Lipinski definition) is 1. The number of rotatable bonds is 4. The maximum Gasteiger partial charge on any atom is 0.164 e. The van der Waals surface area contributed by atoms with E-state index in [-0.39, 0.29) is 19.0 Å². The fourth-order valence-corrected chi connectivity index (χ4v) is 1.38. The second-order valence-electron chi connectivity index (χ2n) is 3.55. The van der Waals surface area contributed by atoms with Crippen molar-refractivity contribution in [1.82, 2.24) is 14.8 Å². The van der Waals surface area contributed by atoms with Crippen molar-refractivity contribution in [1.29, 1.82) is 0 Å². The lowest BCUT2D eigenvalue weighted by molar-refractivity contribution is 0.288. The Morgan fingerprint density at radius 2 is 2.29 bits per heavy atom. The van der Waals surface area contributed by atoms with Crippen LogP contribution in [0.5, 0.6) is 5.75 Å². The molecule has 0 saturated heterocycles. The maximum atomic E-state index is 13.4. The molecule has 90 valence electrons. The molecule has 0 radical (unpaired) electrons. The Bertz CT molecular complexity index is 512. The molecule has 6 heteroatoms. The highest BCUT2D eigenvalue weighted by Gasteiger charge is 2.05. The lowest BCUT2D eigenvalue weighted by Gasteiger charge is -2.07. The zero-order valence-electron chi connectivity index (χ0n) is 9.43. The van der Waals surface area contributed by atoms with Gasteiger partial charge in [-0.05, 0) is 6.07 Å². The smallest absolute Gasteiger partial charge is 0.164 e. The highest BCUT2D eigenvalue weighted by Crippen LogP contribution is 2.17. The topological polar surface area (TPSA) is 66.0 Å². The van der Waals surface area contributed by atoms with Gasteiger partial charge in [0.2, 0.25) is 0 Å². The minimum absolute atomic E-state index is 0.176. The van der Waals surface area contributed by atoms with E-state index in [1.165, 1.54) is 12.4 Å². The van der Waals surface area contributed by atoms with Crippen LogP contribution < -0.4 is 10.5 Å². The molecular formula is C11H13FN4O. The van der Waals surface area contributed by atoms with Crippen LogP contribution in [0.15, 0.2) is 24.5 Å². The number of aromatic nitrogens is 3. The third-order valence-corrected chi connectivity index (χ3v) is 2.42. The summed E-state index contributed by atoms with van der Waals surface area (Å²) >= 11 is 0. The normalized spacial score (nSPS) is 10.5.